The van der Waals surface area contributed by atoms with Crippen molar-refractivity contribution < 1.29 is 28.8 Å². The molecule has 0 fully saturated rings. The zero-order chi connectivity index (χ0) is 16.7. The van der Waals surface area contributed by atoms with Crippen molar-refractivity contribution in [2.75, 3.05) is 11.9 Å². The molecule has 0 unspecified atom stereocenters. The van der Waals surface area contributed by atoms with Crippen LogP contribution in [-0.2, 0) is 18.8 Å². The summed E-state index contributed by atoms with van der Waals surface area (Å²) >= 11 is 1.37. The van der Waals surface area contributed by atoms with Gasteiger partial charge in [0.05, 0.1) is 0 Å². The molecule has 2 aromatic rings. The maximum Gasteiger partial charge on any atom is 1.00 e. The van der Waals surface area contributed by atoms with Crippen molar-refractivity contribution in [1.82, 2.24) is 4.57 Å². The second kappa shape index (κ2) is 6.94. The number of pyridine rings is 1. The Hall–Kier alpha value is -1.87. The zero-order valence-corrected chi connectivity index (χ0v) is 14.8. The fourth-order valence-corrected chi connectivity index (χ4v) is 3.60. The fraction of sp³-hybridized carbons (Fsp3) is 0.176. The van der Waals surface area contributed by atoms with E-state index in [1.54, 1.807) is 26.2 Å². The van der Waals surface area contributed by atoms with Crippen LogP contribution in [0.25, 0.3) is 5.57 Å². The van der Waals surface area contributed by atoms with E-state index in [1.807, 2.05) is 30.5 Å². The molecule has 1 aliphatic heterocycles. The summed E-state index contributed by atoms with van der Waals surface area (Å²) in [5, 5.41) is 13.1. The third-order valence-corrected chi connectivity index (χ3v) is 5.09. The number of amides is 1. The van der Waals surface area contributed by atoms with E-state index in [4.69, 9.17) is 0 Å². The molecule has 1 aromatic carbocycles. The minimum absolute atomic E-state index is 0. The van der Waals surface area contributed by atoms with Gasteiger partial charge in [-0.3, -0.25) is 9.59 Å². The first-order valence-corrected chi connectivity index (χ1v) is 7.94. The Labute approximate surface area is 156 Å². The molecular formula is C17H16LiN2O3S. The van der Waals surface area contributed by atoms with Gasteiger partial charge in [0.25, 0.3) is 11.5 Å². The van der Waals surface area contributed by atoms with Gasteiger partial charge in [-0.05, 0) is 19.1 Å². The number of aromatic nitrogens is 1. The van der Waals surface area contributed by atoms with Crippen LogP contribution >= 0.6 is 0 Å². The third kappa shape index (κ3) is 2.82. The monoisotopic (exact) mass is 335 g/mol. The number of hydrogen-bond acceptors (Lipinski definition) is 4. The first-order chi connectivity index (χ1) is 10.9. The molecule has 119 valence electrons. The average molecular weight is 335 g/mol. The first kappa shape index (κ1) is 18.5. The molecule has 24 heavy (non-hydrogen) atoms. The molecule has 1 amide bonds. The summed E-state index contributed by atoms with van der Waals surface area (Å²) in [5.74, 6) is -0.767. The summed E-state index contributed by atoms with van der Waals surface area (Å²) < 4.78 is 1.42. The van der Waals surface area contributed by atoms with Gasteiger partial charge in [-0.15, -0.1) is 0 Å². The Morgan fingerprint density at radius 2 is 1.88 bits per heavy atom. The molecule has 0 bridgehead atoms. The number of para-hydroxylation sites is 1. The Morgan fingerprint density at radius 1 is 1.25 bits per heavy atom. The Balaban J connectivity index is 0.00000208. The number of fused-ring (bicyclic) bond motifs is 1. The molecule has 0 saturated carbocycles. The van der Waals surface area contributed by atoms with Crippen molar-refractivity contribution in [2.45, 2.75) is 11.9 Å². The van der Waals surface area contributed by atoms with E-state index in [0.29, 0.717) is 16.3 Å². The van der Waals surface area contributed by atoms with Crippen molar-refractivity contribution in [3.05, 3.63) is 57.2 Å². The fourth-order valence-electron chi connectivity index (χ4n) is 2.58. The van der Waals surface area contributed by atoms with Crippen LogP contribution < -0.4 is 29.3 Å². The Kier molecular flexibility index (Phi) is 5.34. The molecule has 1 aliphatic rings. The van der Waals surface area contributed by atoms with Crippen molar-refractivity contribution in [3.8, 4) is 5.75 Å². The van der Waals surface area contributed by atoms with E-state index >= 15 is 0 Å². The van der Waals surface area contributed by atoms with E-state index in [-0.39, 0.29) is 30.2 Å². The minimum atomic E-state index is -0.526. The van der Waals surface area contributed by atoms with Crippen LogP contribution in [0.4, 0.5) is 5.69 Å². The van der Waals surface area contributed by atoms with Crippen molar-refractivity contribution in [1.29, 1.82) is 0 Å². The minimum Gasteiger partial charge on any atom is -0.558 e. The van der Waals surface area contributed by atoms with Gasteiger partial charge in [0.2, 0.25) is 0 Å². The van der Waals surface area contributed by atoms with Crippen molar-refractivity contribution in [3.63, 3.8) is 0 Å². The van der Waals surface area contributed by atoms with Gasteiger partial charge in [0.15, 0.2) is 0 Å². The molecule has 1 aromatic heterocycles. The van der Waals surface area contributed by atoms with Crippen LogP contribution in [0.15, 0.2) is 45.6 Å². The summed E-state index contributed by atoms with van der Waals surface area (Å²) in [6, 6.07) is 9.01. The molecular weight excluding hydrogens is 319 g/mol. The molecule has 0 saturated heterocycles. The van der Waals surface area contributed by atoms with Gasteiger partial charge < -0.3 is 26.3 Å². The summed E-state index contributed by atoms with van der Waals surface area (Å²) in [4.78, 5) is 26.7. The molecule has 1 radical (unpaired) electrons. The van der Waals surface area contributed by atoms with Crippen molar-refractivity contribution >= 4 is 28.9 Å². The standard InChI is InChI=1S/C17H16N2O3S.Li/c1-10-9-23-17-12(10)14(20)13(16(22)19(17)3)15(21)18(2)11-7-5-4-6-8-11;/h4-9,20H,1-3H3;/q-1;+1. The van der Waals surface area contributed by atoms with Crippen LogP contribution in [0, 0.1) is 0 Å². The number of thioether (sulfide) groups is 1. The summed E-state index contributed by atoms with van der Waals surface area (Å²) in [6.45, 7) is 1.85. The van der Waals surface area contributed by atoms with Gasteiger partial charge >= 0.3 is 18.9 Å². The zero-order valence-electron chi connectivity index (χ0n) is 14.0. The van der Waals surface area contributed by atoms with E-state index in [0.717, 1.165) is 5.57 Å². The van der Waals surface area contributed by atoms with Crippen LogP contribution in [-0.4, -0.2) is 22.6 Å². The molecule has 1 N–H and O–H groups in total. The predicted octanol–water partition coefficient (Wildman–Crippen LogP) is -0.813. The second-order valence-corrected chi connectivity index (χ2v) is 6.24. The first-order valence-electron chi connectivity index (χ1n) is 7.06. The number of rotatable bonds is 2. The number of allylic oxidation sites excluding steroid dienone is 1. The van der Waals surface area contributed by atoms with Gasteiger partial charge in [0.1, 0.15) is 11.3 Å². The summed E-state index contributed by atoms with van der Waals surface area (Å²) in [5.41, 5.74) is 1.36. The van der Waals surface area contributed by atoms with Crippen LogP contribution in [0.5, 0.6) is 5.75 Å². The predicted molar refractivity (Wildman–Crippen MR) is 91.8 cm³/mol. The smallest absolute Gasteiger partial charge is 0.558 e. The number of benzene rings is 1. The molecule has 3 rings (SSSR count). The van der Waals surface area contributed by atoms with E-state index in [1.165, 1.54) is 21.2 Å². The number of carbonyl (C=O) groups excluding carboxylic acids is 1. The van der Waals surface area contributed by atoms with E-state index in [2.05, 4.69) is 0 Å². The topological polar surface area (TPSA) is 62.5 Å². The molecule has 2 heterocycles. The summed E-state index contributed by atoms with van der Waals surface area (Å²) in [7, 11) is 3.20. The van der Waals surface area contributed by atoms with E-state index in [9.17, 15) is 14.7 Å². The van der Waals surface area contributed by atoms with Gasteiger partial charge in [-0.25, -0.2) is 5.41 Å². The average Bonchev–Trinajstić information content (AvgIpc) is 2.95. The second-order valence-electron chi connectivity index (χ2n) is 5.39. The molecule has 7 heteroatoms. The number of nitrogens with zero attached hydrogens (tertiary/aromatic N) is 2. The summed E-state index contributed by atoms with van der Waals surface area (Å²) in [6.07, 6.45) is 0. The Bertz CT molecular complexity index is 891. The maximum atomic E-state index is 12.8. The third-order valence-electron chi connectivity index (χ3n) is 3.91. The van der Waals surface area contributed by atoms with Gasteiger partial charge in [0, 0.05) is 25.3 Å². The largest absolute Gasteiger partial charge is 1.00 e. The molecule has 0 spiro atoms. The Morgan fingerprint density at radius 3 is 2.50 bits per heavy atom. The normalized spacial score (nSPS) is 12.2. The van der Waals surface area contributed by atoms with Crippen molar-refractivity contribution in [2.24, 2.45) is 7.05 Å². The van der Waals surface area contributed by atoms with Crippen LogP contribution in [0.1, 0.15) is 22.8 Å². The number of aromatic hydroxyl groups is 1. The molecule has 5 nitrogen and oxygen atoms in total. The van der Waals surface area contributed by atoms with Gasteiger partial charge in [-0.2, -0.15) is 0 Å². The number of hydrogen-bond donors (Lipinski definition) is 1. The van der Waals surface area contributed by atoms with Crippen LogP contribution in [0.2, 0.25) is 0 Å². The molecule has 0 atom stereocenters. The van der Waals surface area contributed by atoms with E-state index < -0.39 is 11.5 Å². The number of anilines is 1. The SMILES string of the molecule is CC1=C[S-]c2c1c(O)c(C(=O)N(C)c1ccccc1)c(=O)n2C.[Li+]. The quantitative estimate of drug-likeness (QED) is 0.576. The maximum absolute atomic E-state index is 12.8. The van der Waals surface area contributed by atoms with Crippen LogP contribution in [0.3, 0.4) is 0 Å². The molecule has 0 aliphatic carbocycles. The number of carbonyl (C=O) groups is 1. The van der Waals surface area contributed by atoms with Gasteiger partial charge in [-0.1, -0.05) is 28.8 Å².